The fourth-order valence-corrected chi connectivity index (χ4v) is 3.52. The SMILES string of the molecule is O=C(CSc1nnc(-c2ccc(Cl)cc2)n1-c1ccccc1)NN=Cc1ccco1. The third-order valence-electron chi connectivity index (χ3n) is 4.01. The number of para-hydroxylation sites is 1. The van der Waals surface area contributed by atoms with E-state index in [-0.39, 0.29) is 11.7 Å². The molecule has 0 saturated carbocycles. The van der Waals surface area contributed by atoms with Gasteiger partial charge in [0, 0.05) is 16.3 Å². The molecule has 0 aliphatic carbocycles. The molecule has 0 saturated heterocycles. The molecule has 1 amide bonds. The van der Waals surface area contributed by atoms with Gasteiger partial charge in [0.15, 0.2) is 11.0 Å². The quantitative estimate of drug-likeness (QED) is 0.263. The van der Waals surface area contributed by atoms with Gasteiger partial charge in [-0.3, -0.25) is 9.36 Å². The first kappa shape index (κ1) is 19.9. The van der Waals surface area contributed by atoms with E-state index in [0.717, 1.165) is 11.3 Å². The number of hydrogen-bond acceptors (Lipinski definition) is 6. The summed E-state index contributed by atoms with van der Waals surface area (Å²) in [4.78, 5) is 12.2. The maximum atomic E-state index is 12.2. The van der Waals surface area contributed by atoms with Gasteiger partial charge >= 0.3 is 0 Å². The number of hydrogen-bond donors (Lipinski definition) is 1. The second-order valence-corrected chi connectivity index (χ2v) is 7.46. The molecule has 0 unspecified atom stereocenters. The highest BCUT2D eigenvalue weighted by Gasteiger charge is 2.17. The van der Waals surface area contributed by atoms with Crippen LogP contribution in [0.5, 0.6) is 0 Å². The van der Waals surface area contributed by atoms with Crippen LogP contribution in [-0.2, 0) is 4.79 Å². The van der Waals surface area contributed by atoms with Crippen molar-refractivity contribution in [2.45, 2.75) is 5.16 Å². The Labute approximate surface area is 181 Å². The van der Waals surface area contributed by atoms with Gasteiger partial charge in [-0.25, -0.2) is 5.43 Å². The molecule has 0 fully saturated rings. The minimum absolute atomic E-state index is 0.126. The predicted octanol–water partition coefficient (Wildman–Crippen LogP) is 4.42. The number of benzene rings is 2. The summed E-state index contributed by atoms with van der Waals surface area (Å²) in [6, 6.07) is 20.6. The van der Waals surface area contributed by atoms with Crippen LogP contribution in [0.15, 0.2) is 87.7 Å². The minimum Gasteiger partial charge on any atom is -0.463 e. The summed E-state index contributed by atoms with van der Waals surface area (Å²) in [6.45, 7) is 0. The highest BCUT2D eigenvalue weighted by atomic mass is 35.5. The molecule has 4 rings (SSSR count). The van der Waals surface area contributed by atoms with E-state index in [9.17, 15) is 4.79 Å². The van der Waals surface area contributed by atoms with Crippen molar-refractivity contribution in [2.75, 3.05) is 5.75 Å². The molecule has 2 aromatic heterocycles. The molecule has 0 aliphatic rings. The maximum Gasteiger partial charge on any atom is 0.250 e. The second kappa shape index (κ2) is 9.43. The van der Waals surface area contributed by atoms with E-state index in [4.69, 9.17) is 16.0 Å². The Morgan fingerprint density at radius 1 is 1.10 bits per heavy atom. The van der Waals surface area contributed by atoms with Crippen LogP contribution in [0.4, 0.5) is 0 Å². The van der Waals surface area contributed by atoms with E-state index >= 15 is 0 Å². The van der Waals surface area contributed by atoms with Crippen LogP contribution >= 0.6 is 23.4 Å². The number of halogens is 1. The van der Waals surface area contributed by atoms with Crippen LogP contribution in [-0.4, -0.2) is 32.6 Å². The van der Waals surface area contributed by atoms with Gasteiger partial charge in [-0.15, -0.1) is 10.2 Å². The Hall–Kier alpha value is -3.36. The van der Waals surface area contributed by atoms with Crippen LogP contribution in [0.3, 0.4) is 0 Å². The molecule has 0 aliphatic heterocycles. The van der Waals surface area contributed by atoms with Crippen LogP contribution in [0.2, 0.25) is 5.02 Å². The molecule has 7 nitrogen and oxygen atoms in total. The van der Waals surface area contributed by atoms with Gasteiger partial charge in [0.1, 0.15) is 5.76 Å². The number of nitrogens with one attached hydrogen (secondary N) is 1. The highest BCUT2D eigenvalue weighted by molar-refractivity contribution is 7.99. The van der Waals surface area contributed by atoms with Crippen molar-refractivity contribution in [3.05, 3.63) is 83.8 Å². The summed E-state index contributed by atoms with van der Waals surface area (Å²) in [6.07, 6.45) is 2.97. The number of carbonyl (C=O) groups is 1. The zero-order chi connectivity index (χ0) is 20.8. The van der Waals surface area contributed by atoms with E-state index in [1.165, 1.54) is 24.2 Å². The lowest BCUT2D eigenvalue weighted by atomic mass is 10.2. The lowest BCUT2D eigenvalue weighted by Crippen LogP contribution is -2.19. The van der Waals surface area contributed by atoms with Gasteiger partial charge in [0.25, 0.3) is 5.91 Å². The first-order valence-corrected chi connectivity index (χ1v) is 10.3. The average molecular weight is 438 g/mol. The minimum atomic E-state index is -0.265. The van der Waals surface area contributed by atoms with E-state index < -0.39 is 0 Å². The van der Waals surface area contributed by atoms with Crippen molar-refractivity contribution in [2.24, 2.45) is 5.10 Å². The number of amides is 1. The van der Waals surface area contributed by atoms with E-state index in [1.54, 1.807) is 24.3 Å². The van der Waals surface area contributed by atoms with Crippen LogP contribution in [0.25, 0.3) is 17.1 Å². The number of aromatic nitrogens is 3. The Morgan fingerprint density at radius 3 is 2.63 bits per heavy atom. The molecule has 0 radical (unpaired) electrons. The molecule has 1 N–H and O–H groups in total. The van der Waals surface area contributed by atoms with Crippen LogP contribution < -0.4 is 5.43 Å². The maximum absolute atomic E-state index is 12.2. The van der Waals surface area contributed by atoms with Crippen LogP contribution in [0.1, 0.15) is 5.76 Å². The molecule has 150 valence electrons. The number of thioether (sulfide) groups is 1. The van der Waals surface area contributed by atoms with Crippen molar-refractivity contribution in [3.8, 4) is 17.1 Å². The summed E-state index contributed by atoms with van der Waals surface area (Å²) in [7, 11) is 0. The molecule has 0 atom stereocenters. The van der Waals surface area contributed by atoms with Gasteiger partial charge in [-0.2, -0.15) is 5.10 Å². The first-order valence-electron chi connectivity index (χ1n) is 8.96. The summed E-state index contributed by atoms with van der Waals surface area (Å²) in [5, 5.41) is 13.8. The number of rotatable bonds is 7. The van der Waals surface area contributed by atoms with Gasteiger partial charge in [0.05, 0.1) is 18.2 Å². The van der Waals surface area contributed by atoms with Crippen LogP contribution in [0, 0.1) is 0 Å². The molecule has 30 heavy (non-hydrogen) atoms. The molecule has 4 aromatic rings. The van der Waals surface area contributed by atoms with Gasteiger partial charge < -0.3 is 4.42 Å². The normalized spacial score (nSPS) is 11.1. The Bertz CT molecular complexity index is 1140. The summed E-state index contributed by atoms with van der Waals surface area (Å²) < 4.78 is 7.04. The topological polar surface area (TPSA) is 85.3 Å². The molecular weight excluding hydrogens is 422 g/mol. The van der Waals surface area contributed by atoms with Gasteiger partial charge in [-0.05, 0) is 48.5 Å². The standard InChI is InChI=1S/C21H16ClN5O2S/c22-16-10-8-15(9-11-16)20-25-26-21(27(20)17-5-2-1-3-6-17)30-14-19(28)24-23-13-18-7-4-12-29-18/h1-13H,14H2,(H,24,28). The lowest BCUT2D eigenvalue weighted by molar-refractivity contribution is -0.118. The number of carbonyl (C=O) groups excluding carboxylic acids is 1. The van der Waals surface area contributed by atoms with Crippen molar-refractivity contribution in [1.82, 2.24) is 20.2 Å². The zero-order valence-corrected chi connectivity index (χ0v) is 17.2. The fourth-order valence-electron chi connectivity index (χ4n) is 2.65. The summed E-state index contributed by atoms with van der Waals surface area (Å²) >= 11 is 7.28. The number of nitrogens with zero attached hydrogens (tertiary/aromatic N) is 4. The molecule has 2 heterocycles. The molecule has 2 aromatic carbocycles. The monoisotopic (exact) mass is 437 g/mol. The largest absolute Gasteiger partial charge is 0.463 e. The van der Waals surface area contributed by atoms with E-state index in [1.807, 2.05) is 47.0 Å². The molecule has 0 spiro atoms. The van der Waals surface area contributed by atoms with E-state index in [2.05, 4.69) is 20.7 Å². The third-order valence-corrected chi connectivity index (χ3v) is 5.19. The number of hydrazone groups is 1. The Kier molecular flexibility index (Phi) is 6.26. The first-order chi connectivity index (χ1) is 14.7. The van der Waals surface area contributed by atoms with Crippen molar-refractivity contribution in [3.63, 3.8) is 0 Å². The van der Waals surface area contributed by atoms with E-state index in [0.29, 0.717) is 21.8 Å². The van der Waals surface area contributed by atoms with Gasteiger partial charge in [-0.1, -0.05) is 41.6 Å². The smallest absolute Gasteiger partial charge is 0.250 e. The third kappa shape index (κ3) is 4.79. The molecule has 0 bridgehead atoms. The molecular formula is C21H16ClN5O2S. The summed E-state index contributed by atoms with van der Waals surface area (Å²) in [5.41, 5.74) is 4.24. The average Bonchev–Trinajstić information content (AvgIpc) is 3.43. The van der Waals surface area contributed by atoms with Crippen molar-refractivity contribution < 1.29 is 9.21 Å². The Balaban J connectivity index is 1.53. The summed E-state index contributed by atoms with van der Waals surface area (Å²) in [5.74, 6) is 1.08. The second-order valence-electron chi connectivity index (χ2n) is 6.08. The van der Waals surface area contributed by atoms with Crippen molar-refractivity contribution in [1.29, 1.82) is 0 Å². The predicted molar refractivity (Wildman–Crippen MR) is 117 cm³/mol. The van der Waals surface area contributed by atoms with Crippen molar-refractivity contribution >= 4 is 35.5 Å². The van der Waals surface area contributed by atoms with Gasteiger partial charge in [0.2, 0.25) is 0 Å². The fraction of sp³-hybridized carbons (Fsp3) is 0.0476. The molecule has 9 heteroatoms. The lowest BCUT2D eigenvalue weighted by Gasteiger charge is -2.10. The Morgan fingerprint density at radius 2 is 1.90 bits per heavy atom. The highest BCUT2D eigenvalue weighted by Crippen LogP contribution is 2.28. The number of furan rings is 1. The zero-order valence-electron chi connectivity index (χ0n) is 15.6.